The number of rotatable bonds is 6. The Morgan fingerprint density at radius 2 is 1.86 bits per heavy atom. The lowest BCUT2D eigenvalue weighted by Crippen LogP contribution is -2.30. The van der Waals surface area contributed by atoms with Crippen LogP contribution in [0.2, 0.25) is 0 Å². The standard InChI is InChI=1S/C13H13NO5S2/c15-8-10(9-4-2-1-3-5-9)14-21(18,19)12-7-6-11(20-12)13(16)17/h1-7,10,14-15H,8H2,(H,16,17)/t10-/m1/s1. The van der Waals surface area contributed by atoms with E-state index in [4.69, 9.17) is 5.11 Å². The van der Waals surface area contributed by atoms with E-state index in [0.29, 0.717) is 16.9 Å². The van der Waals surface area contributed by atoms with Crippen molar-refractivity contribution < 1.29 is 23.4 Å². The molecule has 21 heavy (non-hydrogen) atoms. The van der Waals surface area contributed by atoms with Crippen LogP contribution in [0.15, 0.2) is 46.7 Å². The fourth-order valence-electron chi connectivity index (χ4n) is 1.72. The highest BCUT2D eigenvalue weighted by Crippen LogP contribution is 2.23. The van der Waals surface area contributed by atoms with E-state index in [-0.39, 0.29) is 9.09 Å². The predicted molar refractivity (Wildman–Crippen MR) is 77.9 cm³/mol. The molecule has 0 radical (unpaired) electrons. The first-order valence-corrected chi connectivity index (χ1v) is 8.25. The minimum Gasteiger partial charge on any atom is -0.477 e. The minimum atomic E-state index is -3.89. The molecule has 1 atom stereocenters. The summed E-state index contributed by atoms with van der Waals surface area (Å²) in [6, 6.07) is 10.3. The second kappa shape index (κ2) is 6.35. The van der Waals surface area contributed by atoms with Crippen LogP contribution in [0.3, 0.4) is 0 Å². The lowest BCUT2D eigenvalue weighted by molar-refractivity contribution is 0.0702. The van der Waals surface area contributed by atoms with Crippen molar-refractivity contribution in [1.82, 2.24) is 4.72 Å². The number of nitrogens with one attached hydrogen (secondary N) is 1. The number of carboxylic acids is 1. The number of sulfonamides is 1. The molecule has 1 heterocycles. The van der Waals surface area contributed by atoms with Gasteiger partial charge in [0.1, 0.15) is 9.09 Å². The Kier molecular flexibility index (Phi) is 4.73. The molecule has 0 fully saturated rings. The van der Waals surface area contributed by atoms with Crippen LogP contribution in [0.4, 0.5) is 0 Å². The summed E-state index contributed by atoms with van der Waals surface area (Å²) < 4.78 is 26.7. The Balaban J connectivity index is 2.25. The summed E-state index contributed by atoms with van der Waals surface area (Å²) in [7, 11) is -3.89. The van der Waals surface area contributed by atoms with E-state index in [0.717, 1.165) is 0 Å². The van der Waals surface area contributed by atoms with Gasteiger partial charge in [-0.1, -0.05) is 30.3 Å². The van der Waals surface area contributed by atoms with E-state index >= 15 is 0 Å². The molecule has 6 nitrogen and oxygen atoms in total. The van der Waals surface area contributed by atoms with Crippen LogP contribution >= 0.6 is 11.3 Å². The monoisotopic (exact) mass is 327 g/mol. The van der Waals surface area contributed by atoms with Crippen molar-refractivity contribution in [3.63, 3.8) is 0 Å². The number of carboxylic acid groups (broad SMARTS) is 1. The Labute approximate surface area is 125 Å². The molecule has 0 spiro atoms. The third kappa shape index (κ3) is 3.67. The second-order valence-corrected chi connectivity index (χ2v) is 7.22. The number of benzene rings is 1. The molecule has 112 valence electrons. The zero-order chi connectivity index (χ0) is 15.5. The molecule has 2 aromatic rings. The van der Waals surface area contributed by atoms with Gasteiger partial charge < -0.3 is 10.2 Å². The van der Waals surface area contributed by atoms with Crippen molar-refractivity contribution in [2.24, 2.45) is 0 Å². The van der Waals surface area contributed by atoms with E-state index in [1.165, 1.54) is 12.1 Å². The lowest BCUT2D eigenvalue weighted by atomic mass is 10.1. The molecule has 0 aliphatic carbocycles. The van der Waals surface area contributed by atoms with Gasteiger partial charge in [-0.25, -0.2) is 17.9 Å². The highest BCUT2D eigenvalue weighted by Gasteiger charge is 2.23. The molecule has 1 aromatic heterocycles. The molecular formula is C13H13NO5S2. The minimum absolute atomic E-state index is 0.0596. The molecule has 0 amide bonds. The Morgan fingerprint density at radius 1 is 1.19 bits per heavy atom. The van der Waals surface area contributed by atoms with Crippen LogP contribution in [0.5, 0.6) is 0 Å². The number of aliphatic hydroxyl groups is 1. The number of aliphatic hydroxyl groups excluding tert-OH is 1. The van der Waals surface area contributed by atoms with Gasteiger partial charge in [-0.3, -0.25) is 0 Å². The topological polar surface area (TPSA) is 104 Å². The summed E-state index contributed by atoms with van der Waals surface area (Å²) >= 11 is 0.664. The quantitative estimate of drug-likeness (QED) is 0.745. The van der Waals surface area contributed by atoms with E-state index in [1.54, 1.807) is 30.3 Å². The molecule has 0 saturated carbocycles. The number of carbonyl (C=O) groups is 1. The zero-order valence-electron chi connectivity index (χ0n) is 10.8. The highest BCUT2D eigenvalue weighted by atomic mass is 32.2. The molecule has 0 unspecified atom stereocenters. The van der Waals surface area contributed by atoms with Crippen LogP contribution < -0.4 is 4.72 Å². The van der Waals surface area contributed by atoms with E-state index in [9.17, 15) is 18.3 Å². The van der Waals surface area contributed by atoms with Gasteiger partial charge >= 0.3 is 5.97 Å². The second-order valence-electron chi connectivity index (χ2n) is 4.19. The predicted octanol–water partition coefficient (Wildman–Crippen LogP) is 1.46. The van der Waals surface area contributed by atoms with Gasteiger partial charge in [-0.15, -0.1) is 11.3 Å². The molecule has 2 rings (SSSR count). The number of thiophene rings is 1. The summed E-state index contributed by atoms with van der Waals surface area (Å²) in [5.74, 6) is -1.18. The molecular weight excluding hydrogens is 314 g/mol. The first-order chi connectivity index (χ1) is 9.94. The number of hydrogen-bond donors (Lipinski definition) is 3. The Hall–Kier alpha value is -1.74. The van der Waals surface area contributed by atoms with Gasteiger partial charge in [0.25, 0.3) is 10.0 Å². The summed E-state index contributed by atoms with van der Waals surface area (Å²) in [4.78, 5) is 10.7. The van der Waals surface area contributed by atoms with Gasteiger partial charge in [-0.05, 0) is 17.7 Å². The maximum atomic E-state index is 12.2. The van der Waals surface area contributed by atoms with Crippen LogP contribution in [-0.2, 0) is 10.0 Å². The zero-order valence-corrected chi connectivity index (χ0v) is 12.4. The van der Waals surface area contributed by atoms with E-state index < -0.39 is 28.6 Å². The number of aromatic carboxylic acids is 1. The van der Waals surface area contributed by atoms with E-state index in [2.05, 4.69) is 4.72 Å². The number of hydrogen-bond acceptors (Lipinski definition) is 5. The molecule has 0 bridgehead atoms. The van der Waals surface area contributed by atoms with Gasteiger partial charge in [0.2, 0.25) is 0 Å². The van der Waals surface area contributed by atoms with Crippen LogP contribution in [0.1, 0.15) is 21.3 Å². The van der Waals surface area contributed by atoms with Crippen LogP contribution in [0, 0.1) is 0 Å². The fourth-order valence-corrected chi connectivity index (χ4v) is 4.10. The first kappa shape index (κ1) is 15.6. The molecule has 0 aliphatic rings. The van der Waals surface area contributed by atoms with Crippen molar-refractivity contribution in [1.29, 1.82) is 0 Å². The maximum absolute atomic E-state index is 12.2. The fraction of sp³-hybridized carbons (Fsp3) is 0.154. The highest BCUT2D eigenvalue weighted by molar-refractivity contribution is 7.91. The smallest absolute Gasteiger partial charge is 0.345 e. The van der Waals surface area contributed by atoms with Crippen LogP contribution in [-0.4, -0.2) is 31.2 Å². The molecule has 0 aliphatic heterocycles. The molecule has 1 aromatic carbocycles. The van der Waals surface area contributed by atoms with Crippen molar-refractivity contribution in [2.75, 3.05) is 6.61 Å². The summed E-state index contributed by atoms with van der Waals surface area (Å²) in [6.45, 7) is -0.402. The lowest BCUT2D eigenvalue weighted by Gasteiger charge is -2.16. The van der Waals surface area contributed by atoms with Gasteiger partial charge in [-0.2, -0.15) is 0 Å². The normalized spacial score (nSPS) is 13.0. The SMILES string of the molecule is O=C(O)c1ccc(S(=O)(=O)N[C@H](CO)c2ccccc2)s1. The maximum Gasteiger partial charge on any atom is 0.345 e. The van der Waals surface area contributed by atoms with E-state index in [1.807, 2.05) is 0 Å². The van der Waals surface area contributed by atoms with Crippen molar-refractivity contribution in [3.8, 4) is 0 Å². The third-order valence-corrected chi connectivity index (χ3v) is 5.78. The average molecular weight is 327 g/mol. The molecule has 3 N–H and O–H groups in total. The summed E-state index contributed by atoms with van der Waals surface area (Å²) in [6.07, 6.45) is 0. The van der Waals surface area contributed by atoms with Crippen molar-refractivity contribution in [3.05, 3.63) is 52.9 Å². The largest absolute Gasteiger partial charge is 0.477 e. The summed E-state index contributed by atoms with van der Waals surface area (Å²) in [5.41, 5.74) is 0.624. The Morgan fingerprint density at radius 3 is 2.38 bits per heavy atom. The van der Waals surface area contributed by atoms with Gasteiger partial charge in [0, 0.05) is 0 Å². The Bertz CT molecular complexity index is 724. The molecule has 8 heteroatoms. The van der Waals surface area contributed by atoms with Gasteiger partial charge in [0.15, 0.2) is 0 Å². The van der Waals surface area contributed by atoms with Crippen LogP contribution in [0.25, 0.3) is 0 Å². The van der Waals surface area contributed by atoms with Crippen molar-refractivity contribution >= 4 is 27.3 Å². The molecule has 0 saturated heterocycles. The first-order valence-electron chi connectivity index (χ1n) is 5.95. The average Bonchev–Trinajstić information content (AvgIpc) is 2.96. The van der Waals surface area contributed by atoms with Crippen molar-refractivity contribution in [2.45, 2.75) is 10.3 Å². The summed E-state index contributed by atoms with van der Waals surface area (Å²) in [5, 5.41) is 18.2. The van der Waals surface area contributed by atoms with Gasteiger partial charge in [0.05, 0.1) is 12.6 Å². The third-order valence-electron chi connectivity index (χ3n) is 2.74.